The Bertz CT molecular complexity index is 1230. The predicted octanol–water partition coefficient (Wildman–Crippen LogP) is 4.07. The third kappa shape index (κ3) is 5.01. The first kappa shape index (κ1) is 25.5. The number of ketones is 2. The van der Waals surface area contributed by atoms with Crippen molar-refractivity contribution in [1.29, 1.82) is 0 Å². The van der Waals surface area contributed by atoms with Gasteiger partial charge in [-0.1, -0.05) is 30.3 Å². The SMILES string of the molecule is Cc1ccc(F)c(C2[C@@H](C(=O)c3cccc(O)c3)CN(CCO)C[C@@H]2C(=O)c2cccc(O)c2)c1F. The monoisotopic (exact) mass is 495 g/mol. The number of aliphatic hydroxyl groups excluding tert-OH is 1. The number of halogens is 2. The first-order valence-electron chi connectivity index (χ1n) is 11.7. The zero-order chi connectivity index (χ0) is 26.0. The van der Waals surface area contributed by atoms with Crippen LogP contribution in [0.3, 0.4) is 0 Å². The molecule has 1 fully saturated rings. The van der Waals surface area contributed by atoms with Crippen LogP contribution < -0.4 is 0 Å². The zero-order valence-electron chi connectivity index (χ0n) is 19.7. The summed E-state index contributed by atoms with van der Waals surface area (Å²) in [6, 6.07) is 13.8. The quantitative estimate of drug-likeness (QED) is 0.428. The second-order valence-corrected chi connectivity index (χ2v) is 9.14. The number of rotatable bonds is 7. The Morgan fingerprint density at radius 3 is 1.89 bits per heavy atom. The number of piperidine rings is 1. The van der Waals surface area contributed by atoms with E-state index in [0.717, 1.165) is 6.07 Å². The van der Waals surface area contributed by atoms with E-state index in [2.05, 4.69) is 0 Å². The van der Waals surface area contributed by atoms with Crippen molar-refractivity contribution >= 4 is 11.6 Å². The van der Waals surface area contributed by atoms with E-state index in [1.807, 2.05) is 0 Å². The average molecular weight is 496 g/mol. The number of aliphatic hydroxyl groups is 1. The van der Waals surface area contributed by atoms with Gasteiger partial charge in [-0.2, -0.15) is 0 Å². The summed E-state index contributed by atoms with van der Waals surface area (Å²) in [6.07, 6.45) is 0. The minimum Gasteiger partial charge on any atom is -0.508 e. The summed E-state index contributed by atoms with van der Waals surface area (Å²) in [5.41, 5.74) is 0.132. The predicted molar refractivity (Wildman–Crippen MR) is 129 cm³/mol. The van der Waals surface area contributed by atoms with Gasteiger partial charge in [0.25, 0.3) is 0 Å². The molecule has 8 heteroatoms. The molecule has 0 unspecified atom stereocenters. The number of Topliss-reactive ketones (excluding diaryl/α,β-unsaturated/α-hetero) is 2. The van der Waals surface area contributed by atoms with E-state index >= 15 is 8.78 Å². The Morgan fingerprint density at radius 2 is 1.42 bits per heavy atom. The maximum atomic E-state index is 15.5. The number of aryl methyl sites for hydroxylation is 1. The minimum absolute atomic E-state index is 0.0519. The molecule has 6 nitrogen and oxygen atoms in total. The number of β-amino-alcohol motifs (C(OH)–C–C–N with tert-alkyl or cyclic N) is 1. The number of nitrogens with zero attached hydrogens (tertiary/aromatic N) is 1. The largest absolute Gasteiger partial charge is 0.508 e. The number of hydrogen-bond acceptors (Lipinski definition) is 6. The fourth-order valence-electron chi connectivity index (χ4n) is 5.09. The van der Waals surface area contributed by atoms with Gasteiger partial charge in [0.05, 0.1) is 6.61 Å². The van der Waals surface area contributed by atoms with Gasteiger partial charge in [0.15, 0.2) is 11.6 Å². The van der Waals surface area contributed by atoms with E-state index in [1.165, 1.54) is 61.5 Å². The number of hydrogen-bond donors (Lipinski definition) is 3. The molecule has 1 aliphatic heterocycles. The normalized spacial score (nSPS) is 18.8. The fourth-order valence-corrected chi connectivity index (χ4v) is 5.09. The van der Waals surface area contributed by atoms with Gasteiger partial charge in [-0.05, 0) is 42.8 Å². The van der Waals surface area contributed by atoms with E-state index in [-0.39, 0.29) is 60.0 Å². The van der Waals surface area contributed by atoms with Crippen LogP contribution in [0.2, 0.25) is 0 Å². The molecule has 0 aliphatic carbocycles. The molecule has 0 saturated carbocycles. The molecule has 1 heterocycles. The molecule has 4 rings (SSSR count). The summed E-state index contributed by atoms with van der Waals surface area (Å²) in [5, 5.41) is 29.4. The highest BCUT2D eigenvalue weighted by molar-refractivity contribution is 6.02. The third-order valence-electron chi connectivity index (χ3n) is 6.78. The fraction of sp³-hybridized carbons (Fsp3) is 0.286. The van der Waals surface area contributed by atoms with Gasteiger partial charge >= 0.3 is 0 Å². The molecule has 3 aromatic carbocycles. The number of phenols is 2. The summed E-state index contributed by atoms with van der Waals surface area (Å²) in [7, 11) is 0. The molecule has 0 bridgehead atoms. The van der Waals surface area contributed by atoms with E-state index in [1.54, 1.807) is 4.90 Å². The van der Waals surface area contributed by atoms with Crippen molar-refractivity contribution in [2.24, 2.45) is 11.8 Å². The molecule has 0 radical (unpaired) electrons. The molecule has 1 saturated heterocycles. The highest BCUT2D eigenvalue weighted by Crippen LogP contribution is 2.43. The van der Waals surface area contributed by atoms with Gasteiger partial charge in [0.1, 0.15) is 23.1 Å². The standard InChI is InChI=1S/C28H27F2NO5/c1-16-8-9-23(29)25(26(16)30)24-21(27(35)17-4-2-6-19(33)12-17)14-31(10-11-32)15-22(24)28(36)18-5-3-7-20(34)13-18/h2-9,12-13,21-22,24,32-34H,10-11,14-15H2,1H3/t21-,22-/m0/s1. The van der Waals surface area contributed by atoms with Crippen molar-refractivity contribution in [3.63, 3.8) is 0 Å². The van der Waals surface area contributed by atoms with E-state index < -0.39 is 41.0 Å². The number of carbonyl (C=O) groups is 2. The van der Waals surface area contributed by atoms with Crippen molar-refractivity contribution in [3.05, 3.63) is 94.6 Å². The third-order valence-corrected chi connectivity index (χ3v) is 6.78. The van der Waals surface area contributed by atoms with Crippen LogP contribution in [0.15, 0.2) is 60.7 Å². The second-order valence-electron chi connectivity index (χ2n) is 9.14. The molecule has 3 N–H and O–H groups in total. The van der Waals surface area contributed by atoms with Crippen molar-refractivity contribution < 1.29 is 33.7 Å². The van der Waals surface area contributed by atoms with E-state index in [0.29, 0.717) is 0 Å². The number of carbonyl (C=O) groups excluding carboxylic acids is 2. The number of aromatic hydroxyl groups is 2. The molecule has 3 aromatic rings. The van der Waals surface area contributed by atoms with Gasteiger partial charge < -0.3 is 15.3 Å². The minimum atomic E-state index is -1.16. The molecule has 1 aliphatic rings. The summed E-state index contributed by atoms with van der Waals surface area (Å²) < 4.78 is 30.8. The maximum absolute atomic E-state index is 15.5. The van der Waals surface area contributed by atoms with Gasteiger partial charge in [-0.25, -0.2) is 8.78 Å². The highest BCUT2D eigenvalue weighted by Gasteiger charge is 2.47. The van der Waals surface area contributed by atoms with Crippen molar-refractivity contribution in [1.82, 2.24) is 4.90 Å². The lowest BCUT2D eigenvalue weighted by Gasteiger charge is -2.43. The van der Waals surface area contributed by atoms with Crippen LogP contribution >= 0.6 is 0 Å². The number of likely N-dealkylation sites (tertiary alicyclic amines) is 1. The van der Waals surface area contributed by atoms with Crippen LogP contribution in [0.4, 0.5) is 8.78 Å². The molecule has 36 heavy (non-hydrogen) atoms. The Labute approximate surface area is 207 Å². The van der Waals surface area contributed by atoms with Gasteiger partial charge in [0.2, 0.25) is 0 Å². The highest BCUT2D eigenvalue weighted by atomic mass is 19.1. The zero-order valence-corrected chi connectivity index (χ0v) is 19.7. The molecular formula is C28H27F2NO5. The topological polar surface area (TPSA) is 98.1 Å². The number of benzene rings is 3. The van der Waals surface area contributed by atoms with Crippen LogP contribution in [0.1, 0.15) is 37.8 Å². The van der Waals surface area contributed by atoms with E-state index in [9.17, 15) is 24.9 Å². The van der Waals surface area contributed by atoms with Gasteiger partial charge in [-0.3, -0.25) is 14.5 Å². The molecule has 2 atom stereocenters. The Balaban J connectivity index is 1.90. The van der Waals surface area contributed by atoms with Crippen molar-refractivity contribution in [2.45, 2.75) is 12.8 Å². The first-order valence-corrected chi connectivity index (χ1v) is 11.7. The lowest BCUT2D eigenvalue weighted by atomic mass is 9.68. The van der Waals surface area contributed by atoms with Gasteiger partial charge in [0, 0.05) is 54.1 Å². The average Bonchev–Trinajstić information content (AvgIpc) is 2.86. The van der Waals surface area contributed by atoms with Crippen LogP contribution in [0.5, 0.6) is 11.5 Å². The van der Waals surface area contributed by atoms with Crippen LogP contribution in [0, 0.1) is 30.4 Å². The first-order chi connectivity index (χ1) is 17.2. The van der Waals surface area contributed by atoms with Crippen LogP contribution in [0.25, 0.3) is 0 Å². The van der Waals surface area contributed by atoms with Crippen LogP contribution in [-0.4, -0.2) is 58.0 Å². The molecule has 0 amide bonds. The van der Waals surface area contributed by atoms with Crippen molar-refractivity contribution in [2.75, 3.05) is 26.2 Å². The lowest BCUT2D eigenvalue weighted by molar-refractivity contribution is 0.0519. The molecular weight excluding hydrogens is 468 g/mol. The number of phenolic OH excluding ortho intramolecular Hbond substituents is 2. The maximum Gasteiger partial charge on any atom is 0.168 e. The molecule has 188 valence electrons. The summed E-state index contributed by atoms with van der Waals surface area (Å²) >= 11 is 0. The smallest absolute Gasteiger partial charge is 0.168 e. The summed E-state index contributed by atoms with van der Waals surface area (Å²) in [5.74, 6) is -6.18. The Morgan fingerprint density at radius 1 is 0.889 bits per heavy atom. The Kier molecular flexibility index (Phi) is 7.47. The van der Waals surface area contributed by atoms with Gasteiger partial charge in [-0.15, -0.1) is 0 Å². The lowest BCUT2D eigenvalue weighted by Crippen LogP contribution is -2.51. The van der Waals surface area contributed by atoms with Crippen molar-refractivity contribution in [3.8, 4) is 11.5 Å². The van der Waals surface area contributed by atoms with E-state index in [4.69, 9.17) is 0 Å². The second kappa shape index (κ2) is 10.6. The summed E-state index contributed by atoms with van der Waals surface area (Å²) in [4.78, 5) is 29.2. The molecule has 0 aromatic heterocycles. The van der Waals surface area contributed by atoms with Crippen LogP contribution in [-0.2, 0) is 0 Å². The molecule has 0 spiro atoms. The Hall–Kier alpha value is -3.62. The summed E-state index contributed by atoms with van der Waals surface area (Å²) in [6.45, 7) is 1.50.